The number of halogens is 1. The van der Waals surface area contributed by atoms with Gasteiger partial charge in [-0.25, -0.2) is 9.97 Å². The molecule has 0 radical (unpaired) electrons. The van der Waals surface area contributed by atoms with Crippen molar-refractivity contribution in [3.05, 3.63) is 71.0 Å². The normalized spacial score (nSPS) is 10.4. The zero-order valence-corrected chi connectivity index (χ0v) is 16.5. The molecule has 3 aromatic rings. The largest absolute Gasteiger partial charge is 0.370 e. The van der Waals surface area contributed by atoms with Crippen molar-refractivity contribution in [2.24, 2.45) is 0 Å². The monoisotopic (exact) mass is 395 g/mol. The van der Waals surface area contributed by atoms with E-state index in [-0.39, 0.29) is 5.91 Å². The highest BCUT2D eigenvalue weighted by Gasteiger charge is 2.06. The first-order valence-electron chi connectivity index (χ1n) is 9.03. The fourth-order valence-corrected chi connectivity index (χ4v) is 2.81. The van der Waals surface area contributed by atoms with Gasteiger partial charge in [-0.05, 0) is 55.8 Å². The van der Waals surface area contributed by atoms with E-state index >= 15 is 0 Å². The van der Waals surface area contributed by atoms with Crippen LogP contribution in [0.1, 0.15) is 18.3 Å². The Hall–Kier alpha value is -3.12. The van der Waals surface area contributed by atoms with E-state index in [2.05, 4.69) is 25.9 Å². The Balaban J connectivity index is 1.60. The van der Waals surface area contributed by atoms with Crippen LogP contribution in [-0.2, 0) is 11.2 Å². The molecule has 0 aliphatic heterocycles. The second-order valence-corrected chi connectivity index (χ2v) is 6.71. The minimum Gasteiger partial charge on any atom is -0.370 e. The standard InChI is InChI=1S/C21H22ClN5O/c1-3-23-19-13-20(25-14(2)24-19)26-17-8-10-18(11-9-17)27-21(28)12-15-4-6-16(22)7-5-15/h4-11,13H,3,12H2,1-2H3,(H,27,28)(H2,23,24,25,26). The summed E-state index contributed by atoms with van der Waals surface area (Å²) in [5, 5.41) is 9.99. The summed E-state index contributed by atoms with van der Waals surface area (Å²) in [5.74, 6) is 2.10. The summed E-state index contributed by atoms with van der Waals surface area (Å²) in [6.07, 6.45) is 0.296. The van der Waals surface area contributed by atoms with Crippen LogP contribution in [0.2, 0.25) is 5.02 Å². The molecule has 1 heterocycles. The first-order valence-corrected chi connectivity index (χ1v) is 9.40. The summed E-state index contributed by atoms with van der Waals surface area (Å²) < 4.78 is 0. The predicted molar refractivity (Wildman–Crippen MR) is 114 cm³/mol. The average Bonchev–Trinajstić information content (AvgIpc) is 2.65. The van der Waals surface area contributed by atoms with E-state index in [1.165, 1.54) is 0 Å². The van der Waals surface area contributed by atoms with Gasteiger partial charge in [0.05, 0.1) is 6.42 Å². The number of aryl methyl sites for hydroxylation is 1. The smallest absolute Gasteiger partial charge is 0.228 e. The number of anilines is 4. The highest BCUT2D eigenvalue weighted by Crippen LogP contribution is 2.20. The summed E-state index contributed by atoms with van der Waals surface area (Å²) >= 11 is 5.87. The first kappa shape index (κ1) is 19.6. The molecule has 0 unspecified atom stereocenters. The van der Waals surface area contributed by atoms with Gasteiger partial charge in [0.25, 0.3) is 0 Å². The van der Waals surface area contributed by atoms with Crippen LogP contribution < -0.4 is 16.0 Å². The molecule has 0 fully saturated rings. The molecule has 0 saturated carbocycles. The molecule has 28 heavy (non-hydrogen) atoms. The summed E-state index contributed by atoms with van der Waals surface area (Å²) in [6.45, 7) is 4.66. The number of benzene rings is 2. The molecular formula is C21H22ClN5O. The van der Waals surface area contributed by atoms with E-state index in [4.69, 9.17) is 11.6 Å². The number of aromatic nitrogens is 2. The molecule has 3 rings (SSSR count). The van der Waals surface area contributed by atoms with Crippen LogP contribution in [0.5, 0.6) is 0 Å². The average molecular weight is 396 g/mol. The van der Waals surface area contributed by atoms with Crippen molar-refractivity contribution < 1.29 is 4.79 Å². The van der Waals surface area contributed by atoms with Crippen LogP contribution in [0.25, 0.3) is 0 Å². The van der Waals surface area contributed by atoms with Crippen LogP contribution in [0.3, 0.4) is 0 Å². The lowest BCUT2D eigenvalue weighted by atomic mass is 10.1. The van der Waals surface area contributed by atoms with Crippen molar-refractivity contribution in [3.8, 4) is 0 Å². The Labute approximate surface area is 169 Å². The highest BCUT2D eigenvalue weighted by atomic mass is 35.5. The van der Waals surface area contributed by atoms with Gasteiger partial charge in [-0.2, -0.15) is 0 Å². The van der Waals surface area contributed by atoms with Crippen LogP contribution in [0.4, 0.5) is 23.0 Å². The maximum atomic E-state index is 12.2. The number of nitrogens with zero attached hydrogens (tertiary/aromatic N) is 2. The van der Waals surface area contributed by atoms with Gasteiger partial charge in [-0.15, -0.1) is 0 Å². The van der Waals surface area contributed by atoms with Gasteiger partial charge in [0.15, 0.2) is 0 Å². The van der Waals surface area contributed by atoms with Crippen LogP contribution in [0.15, 0.2) is 54.6 Å². The summed E-state index contributed by atoms with van der Waals surface area (Å²) in [7, 11) is 0. The minimum atomic E-state index is -0.0789. The minimum absolute atomic E-state index is 0.0789. The van der Waals surface area contributed by atoms with Gasteiger partial charge in [0.2, 0.25) is 5.91 Å². The Kier molecular flexibility index (Phi) is 6.45. The fourth-order valence-electron chi connectivity index (χ4n) is 2.68. The third-order valence-electron chi connectivity index (χ3n) is 3.91. The molecule has 0 spiro atoms. The number of hydrogen-bond donors (Lipinski definition) is 3. The molecule has 1 aromatic heterocycles. The van der Waals surface area contributed by atoms with E-state index in [0.29, 0.717) is 23.1 Å². The number of hydrogen-bond acceptors (Lipinski definition) is 5. The number of carbonyl (C=O) groups excluding carboxylic acids is 1. The molecule has 2 aromatic carbocycles. The molecule has 0 aliphatic rings. The summed E-state index contributed by atoms with van der Waals surface area (Å²) in [5.41, 5.74) is 2.52. The molecule has 0 bridgehead atoms. The number of carbonyl (C=O) groups is 1. The fraction of sp³-hybridized carbons (Fsp3) is 0.190. The topological polar surface area (TPSA) is 78.9 Å². The lowest BCUT2D eigenvalue weighted by molar-refractivity contribution is -0.115. The summed E-state index contributed by atoms with van der Waals surface area (Å²) in [4.78, 5) is 20.9. The number of rotatable bonds is 7. The van der Waals surface area contributed by atoms with E-state index < -0.39 is 0 Å². The van der Waals surface area contributed by atoms with Gasteiger partial charge in [0.1, 0.15) is 17.5 Å². The first-order chi connectivity index (χ1) is 13.5. The second kappa shape index (κ2) is 9.19. The van der Waals surface area contributed by atoms with Gasteiger partial charge in [0, 0.05) is 29.0 Å². The van der Waals surface area contributed by atoms with Crippen LogP contribution >= 0.6 is 11.6 Å². The van der Waals surface area contributed by atoms with Gasteiger partial charge < -0.3 is 16.0 Å². The SMILES string of the molecule is CCNc1cc(Nc2ccc(NC(=O)Cc3ccc(Cl)cc3)cc2)nc(C)n1. The Morgan fingerprint density at radius 2 is 1.61 bits per heavy atom. The zero-order valence-electron chi connectivity index (χ0n) is 15.8. The van der Waals surface area contributed by atoms with E-state index in [1.807, 2.05) is 56.3 Å². The highest BCUT2D eigenvalue weighted by molar-refractivity contribution is 6.30. The van der Waals surface area contributed by atoms with Crippen LogP contribution in [-0.4, -0.2) is 22.4 Å². The van der Waals surface area contributed by atoms with Crippen LogP contribution in [0, 0.1) is 6.92 Å². The van der Waals surface area contributed by atoms with Gasteiger partial charge >= 0.3 is 0 Å². The Bertz CT molecular complexity index is 942. The van der Waals surface area contributed by atoms with E-state index in [1.54, 1.807) is 12.1 Å². The molecule has 7 heteroatoms. The van der Waals surface area contributed by atoms with Gasteiger partial charge in [-0.3, -0.25) is 4.79 Å². The quantitative estimate of drug-likeness (QED) is 0.535. The van der Waals surface area contributed by atoms with Crippen molar-refractivity contribution in [2.75, 3.05) is 22.5 Å². The molecular weight excluding hydrogens is 374 g/mol. The molecule has 0 atom stereocenters. The maximum absolute atomic E-state index is 12.2. The molecule has 0 saturated heterocycles. The Morgan fingerprint density at radius 1 is 0.964 bits per heavy atom. The number of nitrogens with one attached hydrogen (secondary N) is 3. The van der Waals surface area contributed by atoms with Crippen molar-refractivity contribution in [1.29, 1.82) is 0 Å². The Morgan fingerprint density at radius 3 is 2.29 bits per heavy atom. The third kappa shape index (κ3) is 5.69. The summed E-state index contributed by atoms with van der Waals surface area (Å²) in [6, 6.07) is 16.6. The molecule has 144 valence electrons. The van der Waals surface area contributed by atoms with Crippen molar-refractivity contribution in [3.63, 3.8) is 0 Å². The van der Waals surface area contributed by atoms with E-state index in [9.17, 15) is 4.79 Å². The molecule has 0 aliphatic carbocycles. The van der Waals surface area contributed by atoms with Crippen molar-refractivity contribution in [2.45, 2.75) is 20.3 Å². The predicted octanol–water partition coefficient (Wildman–Crippen LogP) is 4.80. The van der Waals surface area contributed by atoms with E-state index in [0.717, 1.165) is 29.3 Å². The second-order valence-electron chi connectivity index (χ2n) is 6.27. The molecule has 3 N–H and O–H groups in total. The molecule has 6 nitrogen and oxygen atoms in total. The number of amides is 1. The lowest BCUT2D eigenvalue weighted by Crippen LogP contribution is -2.14. The van der Waals surface area contributed by atoms with Crippen molar-refractivity contribution >= 4 is 40.5 Å². The van der Waals surface area contributed by atoms with Crippen molar-refractivity contribution in [1.82, 2.24) is 9.97 Å². The van der Waals surface area contributed by atoms with Gasteiger partial charge in [-0.1, -0.05) is 23.7 Å². The third-order valence-corrected chi connectivity index (χ3v) is 4.17. The maximum Gasteiger partial charge on any atom is 0.228 e. The zero-order chi connectivity index (χ0) is 19.9. The molecule has 1 amide bonds. The lowest BCUT2D eigenvalue weighted by Gasteiger charge is -2.10.